The highest BCUT2D eigenvalue weighted by Crippen LogP contribution is 2.18. The van der Waals surface area contributed by atoms with Crippen LogP contribution in [0.2, 0.25) is 0 Å². The van der Waals surface area contributed by atoms with Gasteiger partial charge >= 0.3 is 0 Å². The van der Waals surface area contributed by atoms with Crippen molar-refractivity contribution in [1.82, 2.24) is 0 Å². The minimum atomic E-state index is 0.0350. The van der Waals surface area contributed by atoms with Crippen molar-refractivity contribution in [2.45, 2.75) is 26.2 Å². The summed E-state index contributed by atoms with van der Waals surface area (Å²) in [7, 11) is 3.96. The van der Waals surface area contributed by atoms with Gasteiger partial charge in [0.2, 0.25) is 0 Å². The molecular weight excluding hydrogens is 286 g/mol. The maximum atomic E-state index is 12.5. The summed E-state index contributed by atoms with van der Waals surface area (Å²) in [5, 5.41) is 0. The first-order chi connectivity index (χ1) is 11.1. The standard InChI is InChI=1S/C20H25NO2/c1-4-5-6-15-23-19-13-9-17(10-14-19)20(22)16-7-11-18(12-8-16)21(2)3/h7-14H,4-6,15H2,1-3H3. The average molecular weight is 311 g/mol. The molecule has 0 saturated carbocycles. The molecule has 0 aliphatic heterocycles. The van der Waals surface area contributed by atoms with Gasteiger partial charge in [-0.2, -0.15) is 0 Å². The van der Waals surface area contributed by atoms with E-state index in [0.717, 1.165) is 24.5 Å². The number of carbonyl (C=O) groups is 1. The molecule has 23 heavy (non-hydrogen) atoms. The van der Waals surface area contributed by atoms with Gasteiger partial charge in [-0.05, 0) is 55.0 Å². The van der Waals surface area contributed by atoms with Crippen LogP contribution in [0.3, 0.4) is 0 Å². The SMILES string of the molecule is CCCCCOc1ccc(C(=O)c2ccc(N(C)C)cc2)cc1. The van der Waals surface area contributed by atoms with E-state index >= 15 is 0 Å². The predicted molar refractivity (Wildman–Crippen MR) is 95.7 cm³/mol. The molecule has 3 heteroatoms. The van der Waals surface area contributed by atoms with Gasteiger partial charge in [-0.3, -0.25) is 4.79 Å². The number of benzene rings is 2. The van der Waals surface area contributed by atoms with Crippen LogP contribution < -0.4 is 9.64 Å². The van der Waals surface area contributed by atoms with Crippen molar-refractivity contribution >= 4 is 11.5 Å². The highest BCUT2D eigenvalue weighted by Gasteiger charge is 2.09. The third-order valence-electron chi connectivity index (χ3n) is 3.78. The highest BCUT2D eigenvalue weighted by atomic mass is 16.5. The van der Waals surface area contributed by atoms with E-state index in [1.165, 1.54) is 12.8 Å². The van der Waals surface area contributed by atoms with Gasteiger partial charge in [0.25, 0.3) is 0 Å². The maximum absolute atomic E-state index is 12.5. The Balaban J connectivity index is 1.99. The van der Waals surface area contributed by atoms with Crippen molar-refractivity contribution in [3.05, 3.63) is 59.7 Å². The van der Waals surface area contributed by atoms with Crippen molar-refractivity contribution in [3.63, 3.8) is 0 Å². The van der Waals surface area contributed by atoms with Gasteiger partial charge in [0.05, 0.1) is 6.61 Å². The predicted octanol–water partition coefficient (Wildman–Crippen LogP) is 4.55. The summed E-state index contributed by atoms with van der Waals surface area (Å²) in [6.45, 7) is 2.90. The van der Waals surface area contributed by atoms with E-state index in [9.17, 15) is 4.79 Å². The molecule has 0 atom stereocenters. The quantitative estimate of drug-likeness (QED) is 0.529. The van der Waals surface area contributed by atoms with Gasteiger partial charge in [0, 0.05) is 30.9 Å². The minimum absolute atomic E-state index is 0.0350. The summed E-state index contributed by atoms with van der Waals surface area (Å²) in [5.41, 5.74) is 2.47. The molecule has 0 heterocycles. The van der Waals surface area contributed by atoms with Crippen LogP contribution in [0.5, 0.6) is 5.75 Å². The largest absolute Gasteiger partial charge is 0.494 e. The molecule has 0 aromatic heterocycles. The molecule has 3 nitrogen and oxygen atoms in total. The van der Waals surface area contributed by atoms with Crippen LogP contribution in [0, 0.1) is 0 Å². The van der Waals surface area contributed by atoms with Crippen LogP contribution in [0.15, 0.2) is 48.5 Å². The molecule has 0 bridgehead atoms. The van der Waals surface area contributed by atoms with E-state index in [2.05, 4.69) is 6.92 Å². The molecule has 0 unspecified atom stereocenters. The zero-order valence-corrected chi connectivity index (χ0v) is 14.2. The molecular formula is C20H25NO2. The minimum Gasteiger partial charge on any atom is -0.494 e. The van der Waals surface area contributed by atoms with Gasteiger partial charge < -0.3 is 9.64 Å². The fourth-order valence-electron chi connectivity index (χ4n) is 2.32. The fourth-order valence-corrected chi connectivity index (χ4v) is 2.32. The van der Waals surface area contributed by atoms with Crippen LogP contribution in [0.25, 0.3) is 0 Å². The fraction of sp³-hybridized carbons (Fsp3) is 0.350. The Bertz CT molecular complexity index is 615. The van der Waals surface area contributed by atoms with E-state index in [4.69, 9.17) is 4.74 Å². The zero-order chi connectivity index (χ0) is 16.7. The first-order valence-electron chi connectivity index (χ1n) is 8.16. The van der Waals surface area contributed by atoms with Crippen molar-refractivity contribution < 1.29 is 9.53 Å². The lowest BCUT2D eigenvalue weighted by molar-refractivity contribution is 0.103. The molecule has 2 rings (SSSR count). The Morgan fingerprint density at radius 3 is 2.00 bits per heavy atom. The lowest BCUT2D eigenvalue weighted by Gasteiger charge is -2.12. The molecule has 2 aromatic rings. The normalized spacial score (nSPS) is 10.4. The maximum Gasteiger partial charge on any atom is 0.193 e. The van der Waals surface area contributed by atoms with Crippen molar-refractivity contribution in [2.75, 3.05) is 25.6 Å². The van der Waals surface area contributed by atoms with Crippen molar-refractivity contribution in [1.29, 1.82) is 0 Å². The van der Waals surface area contributed by atoms with Crippen molar-refractivity contribution in [2.24, 2.45) is 0 Å². The summed E-state index contributed by atoms with van der Waals surface area (Å²) in [4.78, 5) is 14.5. The lowest BCUT2D eigenvalue weighted by atomic mass is 10.0. The first kappa shape index (κ1) is 17.1. The van der Waals surface area contributed by atoms with Gasteiger partial charge in [0.1, 0.15) is 5.75 Å². The van der Waals surface area contributed by atoms with E-state index in [-0.39, 0.29) is 5.78 Å². The second-order valence-electron chi connectivity index (χ2n) is 5.85. The average Bonchev–Trinajstić information content (AvgIpc) is 2.59. The monoisotopic (exact) mass is 311 g/mol. The van der Waals surface area contributed by atoms with Gasteiger partial charge in [-0.1, -0.05) is 19.8 Å². The number of anilines is 1. The Morgan fingerprint density at radius 2 is 1.48 bits per heavy atom. The van der Waals surface area contributed by atoms with Gasteiger partial charge in [-0.15, -0.1) is 0 Å². The van der Waals surface area contributed by atoms with Crippen LogP contribution >= 0.6 is 0 Å². The van der Waals surface area contributed by atoms with E-state index in [1.807, 2.05) is 67.5 Å². The number of carbonyl (C=O) groups excluding carboxylic acids is 1. The second kappa shape index (κ2) is 8.37. The number of unbranched alkanes of at least 4 members (excludes halogenated alkanes) is 2. The van der Waals surface area contributed by atoms with E-state index < -0.39 is 0 Å². The van der Waals surface area contributed by atoms with Gasteiger partial charge in [-0.25, -0.2) is 0 Å². The number of nitrogens with zero attached hydrogens (tertiary/aromatic N) is 1. The Morgan fingerprint density at radius 1 is 0.913 bits per heavy atom. The van der Waals surface area contributed by atoms with Gasteiger partial charge in [0.15, 0.2) is 5.78 Å². The summed E-state index contributed by atoms with van der Waals surface area (Å²) in [5.74, 6) is 0.855. The summed E-state index contributed by atoms with van der Waals surface area (Å²) in [6, 6.07) is 15.0. The molecule has 122 valence electrons. The number of rotatable bonds is 8. The smallest absolute Gasteiger partial charge is 0.193 e. The molecule has 0 fully saturated rings. The van der Waals surface area contributed by atoms with E-state index in [1.54, 1.807) is 0 Å². The van der Waals surface area contributed by atoms with E-state index in [0.29, 0.717) is 11.1 Å². The van der Waals surface area contributed by atoms with Crippen LogP contribution in [0.1, 0.15) is 42.1 Å². The Kier molecular flexibility index (Phi) is 6.21. The topological polar surface area (TPSA) is 29.5 Å². The molecule has 0 N–H and O–H groups in total. The molecule has 0 aliphatic rings. The zero-order valence-electron chi connectivity index (χ0n) is 14.2. The highest BCUT2D eigenvalue weighted by molar-refractivity contribution is 6.09. The summed E-state index contributed by atoms with van der Waals surface area (Å²) < 4.78 is 5.67. The Labute approximate surface area is 138 Å². The molecule has 2 aromatic carbocycles. The number of ether oxygens (including phenoxy) is 1. The number of hydrogen-bond donors (Lipinski definition) is 0. The van der Waals surface area contributed by atoms with Crippen LogP contribution in [0.4, 0.5) is 5.69 Å². The van der Waals surface area contributed by atoms with Crippen LogP contribution in [-0.4, -0.2) is 26.5 Å². The third-order valence-corrected chi connectivity index (χ3v) is 3.78. The first-order valence-corrected chi connectivity index (χ1v) is 8.16. The number of ketones is 1. The molecule has 0 amide bonds. The summed E-state index contributed by atoms with van der Waals surface area (Å²) >= 11 is 0. The molecule has 0 spiro atoms. The molecule has 0 aliphatic carbocycles. The lowest BCUT2D eigenvalue weighted by Crippen LogP contribution is -2.09. The van der Waals surface area contributed by atoms with Crippen molar-refractivity contribution in [3.8, 4) is 5.75 Å². The third kappa shape index (κ3) is 4.85. The molecule has 0 saturated heterocycles. The molecule has 0 radical (unpaired) electrons. The van der Waals surface area contributed by atoms with Crippen LogP contribution in [-0.2, 0) is 0 Å². The Hall–Kier alpha value is -2.29. The second-order valence-corrected chi connectivity index (χ2v) is 5.85. The number of hydrogen-bond acceptors (Lipinski definition) is 3. The summed E-state index contributed by atoms with van der Waals surface area (Å²) in [6.07, 6.45) is 3.43.